The third kappa shape index (κ3) is 2.25. The van der Waals surface area contributed by atoms with Crippen LogP contribution in [-0.2, 0) is 6.54 Å². The van der Waals surface area contributed by atoms with E-state index in [4.69, 9.17) is 0 Å². The molecule has 0 aliphatic rings. The van der Waals surface area contributed by atoms with Crippen LogP contribution in [0.15, 0.2) is 48.8 Å². The SMILES string of the molecule is O=Cc1cc(C[n+]2ccccc2)ccc1O. The molecule has 0 amide bonds. The highest BCUT2D eigenvalue weighted by Crippen LogP contribution is 2.16. The lowest BCUT2D eigenvalue weighted by atomic mass is 10.1. The van der Waals surface area contributed by atoms with Crippen LogP contribution in [0.4, 0.5) is 0 Å². The van der Waals surface area contributed by atoms with Crippen molar-refractivity contribution >= 4 is 6.29 Å². The van der Waals surface area contributed by atoms with Crippen LogP contribution in [-0.4, -0.2) is 11.4 Å². The molecule has 16 heavy (non-hydrogen) atoms. The van der Waals surface area contributed by atoms with E-state index in [0.717, 1.165) is 5.56 Å². The van der Waals surface area contributed by atoms with Gasteiger partial charge >= 0.3 is 0 Å². The average Bonchev–Trinajstić information content (AvgIpc) is 2.33. The zero-order valence-electron chi connectivity index (χ0n) is 8.71. The summed E-state index contributed by atoms with van der Waals surface area (Å²) in [6.45, 7) is 0.682. The molecule has 0 unspecified atom stereocenters. The second-order valence-corrected chi connectivity index (χ2v) is 3.56. The third-order valence-electron chi connectivity index (χ3n) is 2.36. The first-order valence-electron chi connectivity index (χ1n) is 5.01. The lowest BCUT2D eigenvalue weighted by molar-refractivity contribution is -0.688. The second-order valence-electron chi connectivity index (χ2n) is 3.56. The molecule has 0 aliphatic carbocycles. The van der Waals surface area contributed by atoms with Crippen LogP contribution >= 0.6 is 0 Å². The van der Waals surface area contributed by atoms with Crippen molar-refractivity contribution in [1.29, 1.82) is 0 Å². The van der Waals surface area contributed by atoms with E-state index in [2.05, 4.69) is 0 Å². The molecule has 2 aromatic rings. The number of carbonyl (C=O) groups is 1. The van der Waals surface area contributed by atoms with Crippen molar-refractivity contribution in [3.05, 3.63) is 59.9 Å². The summed E-state index contributed by atoms with van der Waals surface area (Å²) < 4.78 is 2.00. The second kappa shape index (κ2) is 4.57. The van der Waals surface area contributed by atoms with Crippen molar-refractivity contribution in [3.63, 3.8) is 0 Å². The summed E-state index contributed by atoms with van der Waals surface area (Å²) in [4.78, 5) is 10.7. The molecule has 0 saturated heterocycles. The van der Waals surface area contributed by atoms with E-state index in [1.54, 1.807) is 12.1 Å². The summed E-state index contributed by atoms with van der Waals surface area (Å²) in [5, 5.41) is 9.36. The number of aldehydes is 1. The number of benzene rings is 1. The molecule has 1 aromatic heterocycles. The van der Waals surface area contributed by atoms with Gasteiger partial charge in [-0.2, -0.15) is 0 Å². The summed E-state index contributed by atoms with van der Waals surface area (Å²) in [6.07, 6.45) is 4.56. The Labute approximate surface area is 93.6 Å². The minimum atomic E-state index is 0.0248. The largest absolute Gasteiger partial charge is 0.507 e. The smallest absolute Gasteiger partial charge is 0.173 e. The predicted octanol–water partition coefficient (Wildman–Crippen LogP) is 1.54. The topological polar surface area (TPSA) is 41.2 Å². The number of pyridine rings is 1. The maximum atomic E-state index is 10.7. The molecule has 2 rings (SSSR count). The van der Waals surface area contributed by atoms with Gasteiger partial charge in [-0.15, -0.1) is 0 Å². The van der Waals surface area contributed by atoms with Crippen LogP contribution in [0.25, 0.3) is 0 Å². The molecule has 0 spiro atoms. The van der Waals surface area contributed by atoms with E-state index < -0.39 is 0 Å². The van der Waals surface area contributed by atoms with Crippen LogP contribution in [0, 0.1) is 0 Å². The van der Waals surface area contributed by atoms with Crippen molar-refractivity contribution < 1.29 is 14.5 Å². The number of nitrogens with zero attached hydrogens (tertiary/aromatic N) is 1. The Morgan fingerprint density at radius 1 is 1.19 bits per heavy atom. The van der Waals surface area contributed by atoms with Gasteiger partial charge in [0, 0.05) is 17.7 Å². The number of hydrogen-bond acceptors (Lipinski definition) is 2. The Morgan fingerprint density at radius 3 is 2.62 bits per heavy atom. The van der Waals surface area contributed by atoms with Crippen LogP contribution < -0.4 is 4.57 Å². The van der Waals surface area contributed by atoms with Gasteiger partial charge in [-0.1, -0.05) is 6.07 Å². The van der Waals surface area contributed by atoms with Crippen molar-refractivity contribution in [1.82, 2.24) is 0 Å². The van der Waals surface area contributed by atoms with Gasteiger partial charge in [0.1, 0.15) is 5.75 Å². The highest BCUT2D eigenvalue weighted by molar-refractivity contribution is 5.79. The molecule has 0 bridgehead atoms. The molecule has 80 valence electrons. The minimum absolute atomic E-state index is 0.0248. The van der Waals surface area contributed by atoms with Gasteiger partial charge in [-0.25, -0.2) is 4.57 Å². The molecule has 1 heterocycles. The first kappa shape index (κ1) is 10.4. The van der Waals surface area contributed by atoms with Gasteiger partial charge in [0.05, 0.1) is 5.56 Å². The van der Waals surface area contributed by atoms with E-state index in [0.29, 0.717) is 18.4 Å². The normalized spacial score (nSPS) is 10.0. The van der Waals surface area contributed by atoms with Crippen molar-refractivity contribution in [2.75, 3.05) is 0 Å². The fourth-order valence-electron chi connectivity index (χ4n) is 1.55. The zero-order chi connectivity index (χ0) is 11.4. The Morgan fingerprint density at radius 2 is 1.94 bits per heavy atom. The lowest BCUT2D eigenvalue weighted by Crippen LogP contribution is -2.32. The number of phenolic OH excluding ortho intramolecular Hbond substituents is 1. The minimum Gasteiger partial charge on any atom is -0.507 e. The number of carbonyl (C=O) groups excluding carboxylic acids is 1. The van der Waals surface area contributed by atoms with Crippen LogP contribution in [0.2, 0.25) is 0 Å². The van der Waals surface area contributed by atoms with Crippen molar-refractivity contribution in [2.45, 2.75) is 6.54 Å². The van der Waals surface area contributed by atoms with E-state index in [9.17, 15) is 9.90 Å². The number of aromatic nitrogens is 1. The van der Waals surface area contributed by atoms with E-state index >= 15 is 0 Å². The Balaban J connectivity index is 2.26. The van der Waals surface area contributed by atoms with Crippen LogP contribution in [0.1, 0.15) is 15.9 Å². The first-order chi connectivity index (χ1) is 7.79. The standard InChI is InChI=1S/C13H11NO2/c15-10-12-8-11(4-5-13(12)16)9-14-6-2-1-3-7-14/h1-8,10H,9H2/p+1. The van der Waals surface area contributed by atoms with E-state index in [-0.39, 0.29) is 5.75 Å². The molecular weight excluding hydrogens is 202 g/mol. The van der Waals surface area contributed by atoms with Gasteiger partial charge in [0.2, 0.25) is 0 Å². The van der Waals surface area contributed by atoms with Crippen molar-refractivity contribution in [3.8, 4) is 5.75 Å². The van der Waals surface area contributed by atoms with Crippen molar-refractivity contribution in [2.24, 2.45) is 0 Å². The Bertz CT molecular complexity index is 495. The summed E-state index contributed by atoms with van der Waals surface area (Å²) in [7, 11) is 0. The van der Waals surface area contributed by atoms with E-state index in [1.807, 2.05) is 41.2 Å². The number of hydrogen-bond donors (Lipinski definition) is 1. The monoisotopic (exact) mass is 214 g/mol. The summed E-state index contributed by atoms with van der Waals surface area (Å²) in [5.74, 6) is 0.0248. The highest BCUT2D eigenvalue weighted by Gasteiger charge is 2.05. The number of rotatable bonds is 3. The summed E-state index contributed by atoms with van der Waals surface area (Å²) in [5.41, 5.74) is 1.31. The Hall–Kier alpha value is -2.16. The quantitative estimate of drug-likeness (QED) is 0.622. The Kier molecular flexibility index (Phi) is 2.96. The molecule has 0 saturated carbocycles. The maximum absolute atomic E-state index is 10.7. The maximum Gasteiger partial charge on any atom is 0.173 e. The molecule has 1 aromatic carbocycles. The summed E-state index contributed by atoms with van der Waals surface area (Å²) >= 11 is 0. The zero-order valence-corrected chi connectivity index (χ0v) is 8.71. The van der Waals surface area contributed by atoms with Gasteiger partial charge in [0.15, 0.2) is 25.2 Å². The van der Waals surface area contributed by atoms with E-state index in [1.165, 1.54) is 0 Å². The van der Waals surface area contributed by atoms with Gasteiger partial charge in [-0.3, -0.25) is 4.79 Å². The van der Waals surface area contributed by atoms with Gasteiger partial charge in [0.25, 0.3) is 0 Å². The number of aromatic hydroxyl groups is 1. The average molecular weight is 214 g/mol. The molecule has 0 atom stereocenters. The fraction of sp³-hybridized carbons (Fsp3) is 0.0769. The van der Waals surface area contributed by atoms with Gasteiger partial charge < -0.3 is 5.11 Å². The van der Waals surface area contributed by atoms with Crippen LogP contribution in [0.5, 0.6) is 5.75 Å². The molecule has 3 heteroatoms. The molecular formula is C13H12NO2+. The van der Waals surface area contributed by atoms with Gasteiger partial charge in [-0.05, 0) is 18.2 Å². The third-order valence-corrected chi connectivity index (χ3v) is 2.36. The molecule has 0 radical (unpaired) electrons. The molecule has 3 nitrogen and oxygen atoms in total. The molecule has 0 aliphatic heterocycles. The lowest BCUT2D eigenvalue weighted by Gasteiger charge is -2.00. The number of phenols is 1. The molecule has 0 fully saturated rings. The molecule has 1 N–H and O–H groups in total. The fourth-order valence-corrected chi connectivity index (χ4v) is 1.55. The summed E-state index contributed by atoms with van der Waals surface area (Å²) in [6, 6.07) is 10.9. The van der Waals surface area contributed by atoms with Crippen LogP contribution in [0.3, 0.4) is 0 Å². The first-order valence-corrected chi connectivity index (χ1v) is 5.01. The predicted molar refractivity (Wildman–Crippen MR) is 59.2 cm³/mol. The highest BCUT2D eigenvalue weighted by atomic mass is 16.3.